The Morgan fingerprint density at radius 3 is 2.19 bits per heavy atom. The van der Waals surface area contributed by atoms with Gasteiger partial charge in [-0.25, -0.2) is 4.79 Å². The normalized spacial score (nSPS) is 11.5. The Hall–Kier alpha value is -5.17. The molecule has 0 aliphatic rings. The lowest BCUT2D eigenvalue weighted by molar-refractivity contribution is -0.111. The van der Waals surface area contributed by atoms with E-state index in [0.717, 1.165) is 22.3 Å². The highest BCUT2D eigenvalue weighted by atomic mass is 16.6. The number of carbonyl (C=O) groups excluding carboxylic acids is 1. The second-order valence-electron chi connectivity index (χ2n) is 11.0. The Labute approximate surface area is 252 Å². The lowest BCUT2D eigenvalue weighted by Gasteiger charge is -2.18. The maximum Gasteiger partial charge on any atom is 0.337 e. The Morgan fingerprint density at radius 1 is 0.837 bits per heavy atom. The van der Waals surface area contributed by atoms with E-state index in [0.29, 0.717) is 25.4 Å². The molecule has 4 aromatic rings. The van der Waals surface area contributed by atoms with E-state index < -0.39 is 11.9 Å². The number of carboxylic acid groups (broad SMARTS) is 1. The molecule has 0 fully saturated rings. The van der Waals surface area contributed by atoms with Gasteiger partial charge in [-0.05, 0) is 51.4 Å². The molecule has 0 aliphatic heterocycles. The maximum absolute atomic E-state index is 12.6. The van der Waals surface area contributed by atoms with E-state index in [1.54, 1.807) is 18.4 Å². The standard InChI is InChI=1S/C36H36N2O5/c1-36(2,3)30-17-12-27(13-18-30)25-37-43-23-7-22-42-31-19-20-32(35(40)41)33(24-31)38-34(39)21-14-26-10-15-29(16-11-26)28-8-5-4-6-9-28/h4-6,8-21,24-25H,7,22-23H2,1-3H3,(H,38,39)(H,40,41)/b21-14+,37-25+. The van der Waals surface area contributed by atoms with Crippen LogP contribution in [0.1, 0.15) is 54.2 Å². The molecule has 43 heavy (non-hydrogen) atoms. The summed E-state index contributed by atoms with van der Waals surface area (Å²) >= 11 is 0. The van der Waals surface area contributed by atoms with Crippen LogP contribution in [0.3, 0.4) is 0 Å². The van der Waals surface area contributed by atoms with Gasteiger partial charge in [0.15, 0.2) is 0 Å². The van der Waals surface area contributed by atoms with Crippen molar-refractivity contribution in [3.05, 3.63) is 125 Å². The Bertz CT molecular complexity index is 1570. The van der Waals surface area contributed by atoms with Crippen LogP contribution in [0.4, 0.5) is 5.69 Å². The van der Waals surface area contributed by atoms with Gasteiger partial charge in [0, 0.05) is 18.6 Å². The summed E-state index contributed by atoms with van der Waals surface area (Å²) in [6.07, 6.45) is 5.28. The number of nitrogens with one attached hydrogen (secondary N) is 1. The Kier molecular flexibility index (Phi) is 10.5. The van der Waals surface area contributed by atoms with Crippen molar-refractivity contribution in [3.63, 3.8) is 0 Å². The smallest absolute Gasteiger partial charge is 0.337 e. The summed E-state index contributed by atoms with van der Waals surface area (Å²) < 4.78 is 5.76. The third kappa shape index (κ3) is 9.43. The van der Waals surface area contributed by atoms with Crippen molar-refractivity contribution in [2.24, 2.45) is 5.16 Å². The van der Waals surface area contributed by atoms with Crippen molar-refractivity contribution in [2.75, 3.05) is 18.5 Å². The molecule has 7 nitrogen and oxygen atoms in total. The van der Waals surface area contributed by atoms with Gasteiger partial charge in [-0.1, -0.05) is 105 Å². The van der Waals surface area contributed by atoms with Crippen LogP contribution in [0.25, 0.3) is 17.2 Å². The first-order valence-corrected chi connectivity index (χ1v) is 14.1. The molecule has 4 aromatic carbocycles. The summed E-state index contributed by atoms with van der Waals surface area (Å²) in [5, 5.41) is 16.3. The number of hydrogen-bond donors (Lipinski definition) is 2. The predicted octanol–water partition coefficient (Wildman–Crippen LogP) is 7.82. The van der Waals surface area contributed by atoms with Gasteiger partial charge >= 0.3 is 5.97 Å². The molecule has 0 aromatic heterocycles. The largest absolute Gasteiger partial charge is 0.493 e. The Balaban J connectivity index is 1.26. The SMILES string of the molecule is CC(C)(C)c1ccc(/C=N/OCCCOc2ccc(C(=O)O)c(NC(=O)/C=C/c3ccc(-c4ccccc4)cc3)c2)cc1. The van der Waals surface area contributed by atoms with E-state index in [1.165, 1.54) is 23.8 Å². The fraction of sp³-hybridized carbons (Fsp3) is 0.194. The number of nitrogens with zero attached hydrogens (tertiary/aromatic N) is 1. The van der Waals surface area contributed by atoms with E-state index in [-0.39, 0.29) is 16.7 Å². The van der Waals surface area contributed by atoms with Crippen LogP contribution < -0.4 is 10.1 Å². The summed E-state index contributed by atoms with van der Waals surface area (Å²) in [5.41, 5.74) is 5.45. The molecule has 0 saturated carbocycles. The van der Waals surface area contributed by atoms with Crippen molar-refractivity contribution < 1.29 is 24.3 Å². The molecule has 0 spiro atoms. The van der Waals surface area contributed by atoms with E-state index in [9.17, 15) is 14.7 Å². The van der Waals surface area contributed by atoms with Crippen LogP contribution >= 0.6 is 0 Å². The van der Waals surface area contributed by atoms with Crippen LogP contribution in [0.2, 0.25) is 0 Å². The highest BCUT2D eigenvalue weighted by molar-refractivity contribution is 6.06. The number of benzene rings is 4. The van der Waals surface area contributed by atoms with E-state index >= 15 is 0 Å². The molecule has 0 aliphatic carbocycles. The molecule has 0 heterocycles. The van der Waals surface area contributed by atoms with Crippen molar-refractivity contribution in [3.8, 4) is 16.9 Å². The number of amides is 1. The molecule has 0 atom stereocenters. The molecular weight excluding hydrogens is 540 g/mol. The van der Waals surface area contributed by atoms with Crippen LogP contribution in [-0.4, -0.2) is 36.4 Å². The average Bonchev–Trinajstić information content (AvgIpc) is 3.00. The number of rotatable bonds is 12. The average molecular weight is 577 g/mol. The lowest BCUT2D eigenvalue weighted by atomic mass is 9.87. The molecule has 0 bridgehead atoms. The van der Waals surface area contributed by atoms with Crippen LogP contribution in [0.15, 0.2) is 108 Å². The van der Waals surface area contributed by atoms with Gasteiger partial charge in [-0.15, -0.1) is 0 Å². The molecule has 4 rings (SSSR count). The van der Waals surface area contributed by atoms with Crippen molar-refractivity contribution in [2.45, 2.75) is 32.6 Å². The van der Waals surface area contributed by atoms with Gasteiger partial charge in [-0.2, -0.15) is 0 Å². The number of anilines is 1. The summed E-state index contributed by atoms with van der Waals surface area (Å²) in [6, 6.07) is 30.5. The highest BCUT2D eigenvalue weighted by Gasteiger charge is 2.14. The van der Waals surface area contributed by atoms with Gasteiger partial charge < -0.3 is 20.0 Å². The summed E-state index contributed by atoms with van der Waals surface area (Å²) in [7, 11) is 0. The van der Waals surface area contributed by atoms with Gasteiger partial charge in [0.2, 0.25) is 5.91 Å². The van der Waals surface area contributed by atoms with Crippen LogP contribution in [0, 0.1) is 0 Å². The zero-order valence-electron chi connectivity index (χ0n) is 24.6. The van der Waals surface area contributed by atoms with Crippen molar-refractivity contribution in [1.82, 2.24) is 0 Å². The van der Waals surface area contributed by atoms with Gasteiger partial charge in [0.05, 0.1) is 24.1 Å². The fourth-order valence-corrected chi connectivity index (χ4v) is 4.20. The van der Waals surface area contributed by atoms with E-state index in [4.69, 9.17) is 9.57 Å². The second-order valence-corrected chi connectivity index (χ2v) is 11.0. The summed E-state index contributed by atoms with van der Waals surface area (Å²) in [5.74, 6) is -1.17. The summed E-state index contributed by atoms with van der Waals surface area (Å²) in [6.45, 7) is 7.19. The van der Waals surface area contributed by atoms with Crippen LogP contribution in [-0.2, 0) is 15.0 Å². The van der Waals surface area contributed by atoms with Gasteiger partial charge in [0.1, 0.15) is 12.4 Å². The number of carbonyl (C=O) groups is 2. The lowest BCUT2D eigenvalue weighted by Crippen LogP contribution is -2.12. The Morgan fingerprint density at radius 2 is 1.51 bits per heavy atom. The third-order valence-corrected chi connectivity index (χ3v) is 6.63. The topological polar surface area (TPSA) is 97.2 Å². The minimum Gasteiger partial charge on any atom is -0.493 e. The maximum atomic E-state index is 12.6. The first kappa shape index (κ1) is 30.8. The first-order chi connectivity index (χ1) is 20.7. The number of carboxylic acids is 1. The quantitative estimate of drug-likeness (QED) is 0.0776. The number of ether oxygens (including phenoxy) is 1. The van der Waals surface area contributed by atoms with Crippen LogP contribution in [0.5, 0.6) is 5.75 Å². The second kappa shape index (κ2) is 14.6. The minimum atomic E-state index is -1.15. The molecule has 7 heteroatoms. The van der Waals surface area contributed by atoms with Crippen molar-refractivity contribution >= 4 is 29.9 Å². The third-order valence-electron chi connectivity index (χ3n) is 6.63. The monoisotopic (exact) mass is 576 g/mol. The molecule has 220 valence electrons. The number of oxime groups is 1. The molecule has 0 saturated heterocycles. The van der Waals surface area contributed by atoms with Gasteiger partial charge in [-0.3, -0.25) is 4.79 Å². The minimum absolute atomic E-state index is 0.0329. The number of aromatic carboxylic acids is 1. The summed E-state index contributed by atoms with van der Waals surface area (Å²) in [4.78, 5) is 29.7. The predicted molar refractivity (Wildman–Crippen MR) is 172 cm³/mol. The molecule has 0 radical (unpaired) electrons. The molecule has 2 N–H and O–H groups in total. The first-order valence-electron chi connectivity index (χ1n) is 14.1. The highest BCUT2D eigenvalue weighted by Crippen LogP contribution is 2.24. The molecule has 0 unspecified atom stereocenters. The molecule has 1 amide bonds. The zero-order valence-corrected chi connectivity index (χ0v) is 24.6. The van der Waals surface area contributed by atoms with E-state index in [1.807, 2.05) is 66.7 Å². The van der Waals surface area contributed by atoms with Crippen molar-refractivity contribution in [1.29, 1.82) is 0 Å². The number of hydrogen-bond acceptors (Lipinski definition) is 5. The van der Waals surface area contributed by atoms with Gasteiger partial charge in [0.25, 0.3) is 0 Å². The molecular formula is C36H36N2O5. The van der Waals surface area contributed by atoms with E-state index in [2.05, 4.69) is 43.4 Å². The zero-order chi connectivity index (χ0) is 30.7. The fourth-order valence-electron chi connectivity index (χ4n) is 4.20.